The third-order valence-electron chi connectivity index (χ3n) is 11.3. The van der Waals surface area contributed by atoms with Gasteiger partial charge in [0, 0.05) is 6.42 Å². The molecule has 2 saturated carbocycles. The Kier molecular flexibility index (Phi) is 6.62. The first kappa shape index (κ1) is 25.5. The van der Waals surface area contributed by atoms with E-state index in [9.17, 15) is 14.7 Å². The number of ether oxygens (including phenoxy) is 1. The largest absolute Gasteiger partial charge is 0.481 e. The van der Waals surface area contributed by atoms with Gasteiger partial charge in [-0.2, -0.15) is 0 Å². The molecule has 1 saturated heterocycles. The predicted molar refractivity (Wildman–Crippen MR) is 135 cm³/mol. The Labute approximate surface area is 206 Å². The van der Waals surface area contributed by atoms with Gasteiger partial charge in [-0.05, 0) is 98.2 Å². The maximum atomic E-state index is 11.9. The molecule has 0 spiro atoms. The number of allylic oxidation sites excluding steroid dienone is 3. The lowest BCUT2D eigenvalue weighted by atomic mass is 9.44. The minimum absolute atomic E-state index is 0.0275. The highest BCUT2D eigenvalue weighted by molar-refractivity contribution is 5.74. The SMILES string of the molecule is C=C(C)[C@@H]1CC=C2[C@@H](CC[C@]3(C)[C@@H]([C@H](C)CC4C[C@@H](C)C(=O)O4)CC[C@@]23C)[C@@]1(C)CCC(=O)O. The molecule has 34 heavy (non-hydrogen) atoms. The molecule has 4 nitrogen and oxygen atoms in total. The molecule has 3 aliphatic carbocycles. The molecule has 1 aliphatic heterocycles. The Hall–Kier alpha value is -1.58. The molecule has 0 bridgehead atoms. The zero-order chi connectivity index (χ0) is 25.1. The van der Waals surface area contributed by atoms with Crippen LogP contribution in [0.25, 0.3) is 0 Å². The van der Waals surface area contributed by atoms with Crippen LogP contribution in [-0.4, -0.2) is 23.1 Å². The number of carbonyl (C=O) groups excluding carboxylic acids is 1. The summed E-state index contributed by atoms with van der Waals surface area (Å²) < 4.78 is 5.68. The summed E-state index contributed by atoms with van der Waals surface area (Å²) in [6, 6.07) is 0. The van der Waals surface area contributed by atoms with Crippen LogP contribution in [0.2, 0.25) is 0 Å². The van der Waals surface area contributed by atoms with Crippen LogP contribution in [0.15, 0.2) is 23.8 Å². The lowest BCUT2D eigenvalue weighted by Gasteiger charge is -2.60. The summed E-state index contributed by atoms with van der Waals surface area (Å²) >= 11 is 0. The van der Waals surface area contributed by atoms with Crippen LogP contribution in [0.3, 0.4) is 0 Å². The lowest BCUT2D eigenvalue weighted by molar-refractivity contribution is -0.144. The van der Waals surface area contributed by atoms with E-state index in [-0.39, 0.29) is 40.7 Å². The van der Waals surface area contributed by atoms with E-state index in [0.29, 0.717) is 23.7 Å². The monoisotopic (exact) mass is 470 g/mol. The van der Waals surface area contributed by atoms with Gasteiger partial charge in [-0.1, -0.05) is 58.4 Å². The molecule has 0 aromatic heterocycles. The van der Waals surface area contributed by atoms with E-state index in [1.54, 1.807) is 5.57 Å². The first-order valence-electron chi connectivity index (χ1n) is 13.6. The van der Waals surface area contributed by atoms with E-state index in [4.69, 9.17) is 4.74 Å². The second-order valence-corrected chi connectivity index (χ2v) is 13.1. The fourth-order valence-electron chi connectivity index (χ4n) is 9.13. The molecule has 0 aromatic carbocycles. The second kappa shape index (κ2) is 8.82. The fourth-order valence-corrected chi connectivity index (χ4v) is 9.13. The van der Waals surface area contributed by atoms with Gasteiger partial charge in [0.25, 0.3) is 0 Å². The second-order valence-electron chi connectivity index (χ2n) is 13.1. The summed E-state index contributed by atoms with van der Waals surface area (Å²) in [5, 5.41) is 9.50. The number of hydrogen-bond donors (Lipinski definition) is 1. The van der Waals surface area contributed by atoms with E-state index in [2.05, 4.69) is 47.3 Å². The molecule has 0 amide bonds. The zero-order valence-corrected chi connectivity index (χ0v) is 22.3. The highest BCUT2D eigenvalue weighted by atomic mass is 16.5. The fraction of sp³-hybridized carbons (Fsp3) is 0.800. The lowest BCUT2D eigenvalue weighted by Crippen LogP contribution is -2.52. The molecule has 0 radical (unpaired) electrons. The summed E-state index contributed by atoms with van der Waals surface area (Å²) in [6.45, 7) is 18.2. The standard InChI is InChI=1S/C30H46O4/c1-18(2)22-8-9-25-24(28(22,5)13-12-26(31)32)11-15-29(6)23(10-14-30(25,29)7)19(3)16-21-17-20(4)27(33)34-21/h9,19-24H,1,8,10-17H2,2-7H3,(H,31,32)/t19-,20-,21?,22+,23-,24-,28+,29-,30+/m1/s1. The van der Waals surface area contributed by atoms with Crippen molar-refractivity contribution in [2.24, 2.45) is 45.8 Å². The predicted octanol–water partition coefficient (Wildman–Crippen LogP) is 7.19. The number of fused-ring (bicyclic) bond motifs is 3. The van der Waals surface area contributed by atoms with E-state index < -0.39 is 5.97 Å². The van der Waals surface area contributed by atoms with E-state index >= 15 is 0 Å². The normalized spacial score (nSPS) is 44.6. The zero-order valence-electron chi connectivity index (χ0n) is 22.3. The Morgan fingerprint density at radius 3 is 2.56 bits per heavy atom. The van der Waals surface area contributed by atoms with Gasteiger partial charge in [0.05, 0.1) is 5.92 Å². The number of esters is 1. The number of cyclic esters (lactones) is 1. The minimum Gasteiger partial charge on any atom is -0.481 e. The van der Waals surface area contributed by atoms with Gasteiger partial charge in [0.1, 0.15) is 6.10 Å². The Morgan fingerprint density at radius 1 is 1.26 bits per heavy atom. The molecule has 4 aliphatic rings. The molecular formula is C30H46O4. The molecule has 190 valence electrons. The number of carboxylic acids is 1. The number of carbonyl (C=O) groups is 2. The molecule has 1 unspecified atom stereocenters. The van der Waals surface area contributed by atoms with Gasteiger partial charge in [-0.3, -0.25) is 9.59 Å². The van der Waals surface area contributed by atoms with Gasteiger partial charge in [0.15, 0.2) is 0 Å². The molecule has 1 N–H and O–H groups in total. The average Bonchev–Trinajstić information content (AvgIpc) is 3.21. The molecule has 3 fully saturated rings. The van der Waals surface area contributed by atoms with E-state index in [1.165, 1.54) is 24.8 Å². The highest BCUT2D eigenvalue weighted by Gasteiger charge is 2.63. The van der Waals surface area contributed by atoms with Crippen molar-refractivity contribution in [3.8, 4) is 0 Å². The molecular weight excluding hydrogens is 424 g/mol. The Balaban J connectivity index is 1.60. The highest BCUT2D eigenvalue weighted by Crippen LogP contribution is 2.72. The number of carboxylic acid groups (broad SMARTS) is 1. The first-order valence-corrected chi connectivity index (χ1v) is 13.6. The van der Waals surface area contributed by atoms with Crippen molar-refractivity contribution in [1.82, 2.24) is 0 Å². The maximum Gasteiger partial charge on any atom is 0.309 e. The van der Waals surface area contributed by atoms with Crippen molar-refractivity contribution >= 4 is 11.9 Å². The Bertz CT molecular complexity index is 888. The van der Waals surface area contributed by atoms with Gasteiger partial charge < -0.3 is 9.84 Å². The van der Waals surface area contributed by atoms with Crippen LogP contribution >= 0.6 is 0 Å². The summed E-state index contributed by atoms with van der Waals surface area (Å²) in [7, 11) is 0. The van der Waals surface area contributed by atoms with Crippen LogP contribution in [0.1, 0.15) is 99.3 Å². The van der Waals surface area contributed by atoms with Gasteiger partial charge in [-0.15, -0.1) is 0 Å². The van der Waals surface area contributed by atoms with Crippen LogP contribution in [0.4, 0.5) is 0 Å². The third-order valence-corrected chi connectivity index (χ3v) is 11.3. The third kappa shape index (κ3) is 3.88. The molecule has 0 aromatic rings. The molecule has 9 atom stereocenters. The Morgan fingerprint density at radius 2 is 1.97 bits per heavy atom. The van der Waals surface area contributed by atoms with E-state index in [0.717, 1.165) is 32.1 Å². The maximum absolute atomic E-state index is 11.9. The van der Waals surface area contributed by atoms with Crippen LogP contribution in [0, 0.1) is 45.8 Å². The van der Waals surface area contributed by atoms with Gasteiger partial charge >= 0.3 is 11.9 Å². The van der Waals surface area contributed by atoms with Crippen molar-refractivity contribution in [3.05, 3.63) is 23.8 Å². The minimum atomic E-state index is -0.693. The summed E-state index contributed by atoms with van der Waals surface area (Å²) in [5.74, 6) is 1.25. The van der Waals surface area contributed by atoms with E-state index in [1.807, 2.05) is 6.92 Å². The molecule has 1 heterocycles. The van der Waals surface area contributed by atoms with Crippen molar-refractivity contribution in [2.45, 2.75) is 105 Å². The van der Waals surface area contributed by atoms with Gasteiger partial charge in [-0.25, -0.2) is 0 Å². The van der Waals surface area contributed by atoms with Crippen LogP contribution < -0.4 is 0 Å². The summed E-state index contributed by atoms with van der Waals surface area (Å²) in [4.78, 5) is 23.5. The van der Waals surface area contributed by atoms with Crippen LogP contribution in [0.5, 0.6) is 0 Å². The first-order chi connectivity index (χ1) is 15.8. The summed E-state index contributed by atoms with van der Waals surface area (Å²) in [5.41, 5.74) is 3.14. The van der Waals surface area contributed by atoms with Crippen molar-refractivity contribution in [1.29, 1.82) is 0 Å². The molecule has 4 heteroatoms. The number of hydrogen-bond acceptors (Lipinski definition) is 3. The molecule has 4 rings (SSSR count). The topological polar surface area (TPSA) is 63.6 Å². The average molecular weight is 471 g/mol. The van der Waals surface area contributed by atoms with Gasteiger partial charge in [0.2, 0.25) is 0 Å². The number of aliphatic carboxylic acids is 1. The quantitative estimate of drug-likeness (QED) is 0.316. The van der Waals surface area contributed by atoms with Crippen molar-refractivity contribution < 1.29 is 19.4 Å². The van der Waals surface area contributed by atoms with Crippen LogP contribution in [-0.2, 0) is 14.3 Å². The summed E-state index contributed by atoms with van der Waals surface area (Å²) in [6.07, 6.45) is 11.1. The smallest absolute Gasteiger partial charge is 0.309 e. The number of rotatable bonds is 7. The van der Waals surface area contributed by atoms with Crippen molar-refractivity contribution in [2.75, 3.05) is 0 Å². The van der Waals surface area contributed by atoms with Crippen molar-refractivity contribution in [3.63, 3.8) is 0 Å².